The van der Waals surface area contributed by atoms with Gasteiger partial charge in [0.05, 0.1) is 0 Å². The molecule has 42 valence electrons. The second kappa shape index (κ2) is 3.29. The Labute approximate surface area is 47.8 Å². The predicted octanol–water partition coefficient (Wildman–Crippen LogP) is 0.950. The molecule has 2 nitrogen and oxygen atoms in total. The van der Waals surface area contributed by atoms with Gasteiger partial charge in [-0.2, -0.15) is 5.48 Å². The van der Waals surface area contributed by atoms with Gasteiger partial charge in [-0.25, -0.2) is 4.28 Å². The average Bonchev–Trinajstić information content (AvgIpc) is 1.90. The maximum absolute atomic E-state index is 4.86. The molecule has 0 unspecified atom stereocenters. The predicted molar refractivity (Wildman–Crippen MR) is 30.8 cm³/mol. The van der Waals surface area contributed by atoms with Crippen molar-refractivity contribution in [2.24, 2.45) is 0 Å². The first kappa shape index (κ1) is 5.41. The summed E-state index contributed by atoms with van der Waals surface area (Å²) in [5.74, 6) is 1.13. The van der Waals surface area contributed by atoms with Crippen LogP contribution in [0.2, 0.25) is 0 Å². The molecule has 0 saturated carbocycles. The third kappa shape index (κ3) is 2.16. The number of hydroxylamine groups is 1. The third-order valence-electron chi connectivity index (χ3n) is 0.874. The Balaban J connectivity index is 2.04. The molecule has 1 N–H and O–H groups in total. The van der Waals surface area contributed by atoms with E-state index in [4.69, 9.17) is 4.28 Å². The monoisotopic (exact) mass is 119 g/mol. The summed E-state index contributed by atoms with van der Waals surface area (Å²) in [7, 11) is 0. The molecule has 3 heteroatoms. The van der Waals surface area contributed by atoms with Crippen molar-refractivity contribution >= 4 is 12.0 Å². The zero-order valence-corrected chi connectivity index (χ0v) is 4.96. The maximum Gasteiger partial charge on any atom is 0.0222 e. The molecule has 1 saturated heterocycles. The number of rotatable bonds is 0. The summed E-state index contributed by atoms with van der Waals surface area (Å²) in [6.07, 6.45) is 2.52. The van der Waals surface area contributed by atoms with Crippen molar-refractivity contribution in [2.75, 3.05) is 12.3 Å². The Morgan fingerprint density at radius 2 is 2.43 bits per heavy atom. The molecule has 1 aliphatic heterocycles. The molecule has 0 aliphatic carbocycles. The van der Waals surface area contributed by atoms with Crippen LogP contribution in [0.3, 0.4) is 0 Å². The van der Waals surface area contributed by atoms with Crippen LogP contribution in [0.25, 0.3) is 0 Å². The fraction of sp³-hybridized carbons (Fsp3) is 1.00. The van der Waals surface area contributed by atoms with E-state index >= 15 is 0 Å². The Bertz CT molecular complexity index is 31.3. The number of hydrogen-bond acceptors (Lipinski definition) is 3. The van der Waals surface area contributed by atoms with Crippen LogP contribution in [0.1, 0.15) is 12.8 Å². The highest BCUT2D eigenvalue weighted by Gasteiger charge is 1.95. The molecule has 1 aliphatic rings. The summed E-state index contributed by atoms with van der Waals surface area (Å²) in [4.78, 5) is 0. The molecular weight excluding hydrogens is 110 g/mol. The molecule has 7 heavy (non-hydrogen) atoms. The van der Waals surface area contributed by atoms with Gasteiger partial charge in [0, 0.05) is 24.3 Å². The van der Waals surface area contributed by atoms with Gasteiger partial charge in [0.1, 0.15) is 0 Å². The van der Waals surface area contributed by atoms with E-state index in [-0.39, 0.29) is 0 Å². The second-order valence-corrected chi connectivity index (χ2v) is 2.32. The molecular formula is C4H9NOS. The van der Waals surface area contributed by atoms with Gasteiger partial charge in [-0.05, 0) is 12.8 Å². The van der Waals surface area contributed by atoms with Crippen LogP contribution in [0, 0.1) is 0 Å². The lowest BCUT2D eigenvalue weighted by atomic mass is 10.3. The Hall–Kier alpha value is 0.270. The van der Waals surface area contributed by atoms with Gasteiger partial charge in [0.25, 0.3) is 0 Å². The second-order valence-electron chi connectivity index (χ2n) is 1.51. The van der Waals surface area contributed by atoms with E-state index in [1.165, 1.54) is 24.9 Å². The van der Waals surface area contributed by atoms with E-state index in [1.807, 2.05) is 0 Å². The molecule has 0 aromatic rings. The summed E-state index contributed by atoms with van der Waals surface area (Å²) < 4.78 is 4.86. The summed E-state index contributed by atoms with van der Waals surface area (Å²) in [6, 6.07) is 0. The Kier molecular flexibility index (Phi) is 2.55. The van der Waals surface area contributed by atoms with Gasteiger partial charge in [0.15, 0.2) is 0 Å². The van der Waals surface area contributed by atoms with E-state index < -0.39 is 0 Å². The molecule has 0 aromatic carbocycles. The quantitative estimate of drug-likeness (QED) is 0.480. The zero-order chi connectivity index (χ0) is 4.95. The van der Waals surface area contributed by atoms with Gasteiger partial charge in [-0.15, -0.1) is 0 Å². The van der Waals surface area contributed by atoms with Crippen LogP contribution < -0.4 is 5.48 Å². The molecule has 1 fully saturated rings. The van der Waals surface area contributed by atoms with Crippen molar-refractivity contribution in [3.05, 3.63) is 0 Å². The third-order valence-corrected chi connectivity index (χ3v) is 1.57. The van der Waals surface area contributed by atoms with Crippen LogP contribution >= 0.6 is 12.0 Å². The van der Waals surface area contributed by atoms with Crippen molar-refractivity contribution in [2.45, 2.75) is 12.8 Å². The van der Waals surface area contributed by atoms with E-state index in [2.05, 4.69) is 5.48 Å². The highest BCUT2D eigenvalue weighted by molar-refractivity contribution is 7.94. The first-order valence-electron chi connectivity index (χ1n) is 2.51. The van der Waals surface area contributed by atoms with E-state index in [0.717, 1.165) is 12.3 Å². The normalized spacial score (nSPS) is 24.0. The Morgan fingerprint density at radius 1 is 1.43 bits per heavy atom. The summed E-state index contributed by atoms with van der Waals surface area (Å²) in [5, 5.41) is 0. The van der Waals surface area contributed by atoms with Gasteiger partial charge in [-0.3, -0.25) is 0 Å². The molecule has 0 bridgehead atoms. The van der Waals surface area contributed by atoms with Crippen LogP contribution in [0.4, 0.5) is 0 Å². The van der Waals surface area contributed by atoms with Crippen LogP contribution in [-0.2, 0) is 4.28 Å². The fourth-order valence-electron chi connectivity index (χ4n) is 0.483. The average molecular weight is 119 g/mol. The molecule has 0 atom stereocenters. The minimum atomic E-state index is 1.01. The maximum atomic E-state index is 4.86. The lowest BCUT2D eigenvalue weighted by molar-refractivity contribution is 0.244. The summed E-state index contributed by atoms with van der Waals surface area (Å²) in [6.45, 7) is 1.01. The van der Waals surface area contributed by atoms with E-state index in [9.17, 15) is 0 Å². The van der Waals surface area contributed by atoms with Crippen LogP contribution in [0.15, 0.2) is 0 Å². The summed E-state index contributed by atoms with van der Waals surface area (Å²) in [5.41, 5.74) is 2.81. The van der Waals surface area contributed by atoms with Gasteiger partial charge >= 0.3 is 0 Å². The molecule has 0 spiro atoms. The smallest absolute Gasteiger partial charge is 0.0222 e. The molecule has 0 radical (unpaired) electrons. The van der Waals surface area contributed by atoms with Crippen molar-refractivity contribution in [1.82, 2.24) is 5.48 Å². The van der Waals surface area contributed by atoms with Gasteiger partial charge in [0.2, 0.25) is 0 Å². The minimum absolute atomic E-state index is 1.01. The van der Waals surface area contributed by atoms with E-state index in [1.54, 1.807) is 0 Å². The van der Waals surface area contributed by atoms with Crippen molar-refractivity contribution < 1.29 is 4.28 Å². The standard InChI is InChI=1S/C4H9NOS/c1-2-4-7-6-5-3-1/h5H,1-4H2. The van der Waals surface area contributed by atoms with Crippen molar-refractivity contribution in [3.8, 4) is 0 Å². The van der Waals surface area contributed by atoms with Gasteiger partial charge in [-0.1, -0.05) is 0 Å². The fourth-order valence-corrected chi connectivity index (χ4v) is 1.06. The number of nitrogens with one attached hydrogen (secondary N) is 1. The highest BCUT2D eigenvalue weighted by atomic mass is 32.2. The molecule has 0 aromatic heterocycles. The SMILES string of the molecule is C1CCSONC1. The van der Waals surface area contributed by atoms with Gasteiger partial charge < -0.3 is 0 Å². The topological polar surface area (TPSA) is 21.3 Å². The largest absolute Gasteiger partial charge is 0.232 e. The van der Waals surface area contributed by atoms with E-state index in [0.29, 0.717) is 0 Å². The lowest BCUT2D eigenvalue weighted by Crippen LogP contribution is -2.08. The minimum Gasteiger partial charge on any atom is -0.232 e. The first-order valence-corrected chi connectivity index (χ1v) is 3.42. The molecule has 1 heterocycles. The summed E-state index contributed by atoms with van der Waals surface area (Å²) >= 11 is 1.50. The Morgan fingerprint density at radius 3 is 3.43 bits per heavy atom. The lowest BCUT2D eigenvalue weighted by Gasteiger charge is -1.92. The first-order chi connectivity index (χ1) is 3.50. The highest BCUT2D eigenvalue weighted by Crippen LogP contribution is 2.06. The van der Waals surface area contributed by atoms with Crippen molar-refractivity contribution in [1.29, 1.82) is 0 Å². The van der Waals surface area contributed by atoms with Crippen molar-refractivity contribution in [3.63, 3.8) is 0 Å². The van der Waals surface area contributed by atoms with Crippen LogP contribution in [-0.4, -0.2) is 12.3 Å². The molecule has 1 rings (SSSR count). The zero-order valence-electron chi connectivity index (χ0n) is 4.14. The molecule has 0 amide bonds. The number of hydrogen-bond donors (Lipinski definition) is 1. The van der Waals surface area contributed by atoms with Crippen LogP contribution in [0.5, 0.6) is 0 Å².